The highest BCUT2D eigenvalue weighted by Crippen LogP contribution is 2.30. The van der Waals surface area contributed by atoms with Crippen molar-refractivity contribution >= 4 is 16.1 Å². The molecule has 0 amide bonds. The highest BCUT2D eigenvalue weighted by Gasteiger charge is 2.20. The number of carbonyl (C=O) groups is 1. The van der Waals surface area contributed by atoms with Crippen LogP contribution in [0, 0.1) is 11.3 Å². The van der Waals surface area contributed by atoms with E-state index in [-0.39, 0.29) is 28.6 Å². The number of nitrogens with zero attached hydrogens (tertiary/aromatic N) is 1. The van der Waals surface area contributed by atoms with Crippen molar-refractivity contribution in [3.05, 3.63) is 53.6 Å². The Morgan fingerprint density at radius 2 is 1.80 bits per heavy atom. The van der Waals surface area contributed by atoms with E-state index >= 15 is 0 Å². The Labute approximate surface area is 145 Å². The van der Waals surface area contributed by atoms with E-state index in [4.69, 9.17) is 18.9 Å². The Bertz CT molecular complexity index is 913. The van der Waals surface area contributed by atoms with Gasteiger partial charge in [-0.25, -0.2) is 4.79 Å². The molecular weight excluding hydrogens is 346 g/mol. The molecule has 0 aliphatic carbocycles. The number of esters is 1. The average molecular weight is 361 g/mol. The standard InChI is InChI=1S/C17H15NO6S/c1-3-23-17(19)13-5-7-14(8-6-13)25(20,21)24-15-9-4-12(11-18)10-16(15)22-2/h4-10H,3H2,1-2H3. The van der Waals surface area contributed by atoms with Gasteiger partial charge in [-0.15, -0.1) is 0 Å². The van der Waals surface area contributed by atoms with E-state index in [9.17, 15) is 13.2 Å². The second-order valence-electron chi connectivity index (χ2n) is 4.76. The molecule has 0 heterocycles. The molecule has 2 rings (SSSR count). The van der Waals surface area contributed by atoms with Gasteiger partial charge in [-0.2, -0.15) is 13.7 Å². The van der Waals surface area contributed by atoms with Gasteiger partial charge in [0, 0.05) is 6.07 Å². The zero-order valence-electron chi connectivity index (χ0n) is 13.6. The summed E-state index contributed by atoms with van der Waals surface area (Å²) < 4.78 is 39.7. The van der Waals surface area contributed by atoms with Crippen molar-refractivity contribution in [2.24, 2.45) is 0 Å². The molecule has 25 heavy (non-hydrogen) atoms. The predicted molar refractivity (Wildman–Crippen MR) is 87.9 cm³/mol. The number of ether oxygens (including phenoxy) is 2. The summed E-state index contributed by atoms with van der Waals surface area (Å²) >= 11 is 0. The van der Waals surface area contributed by atoms with Gasteiger partial charge in [0.05, 0.1) is 30.9 Å². The van der Waals surface area contributed by atoms with Crippen molar-refractivity contribution in [3.63, 3.8) is 0 Å². The molecule has 0 fully saturated rings. The first-order chi connectivity index (χ1) is 11.9. The topological polar surface area (TPSA) is 103 Å². The van der Waals surface area contributed by atoms with Gasteiger partial charge in [0.2, 0.25) is 0 Å². The quantitative estimate of drug-likeness (QED) is 0.575. The van der Waals surface area contributed by atoms with Crippen LogP contribution in [0.3, 0.4) is 0 Å². The van der Waals surface area contributed by atoms with Gasteiger partial charge >= 0.3 is 16.1 Å². The van der Waals surface area contributed by atoms with Gasteiger partial charge in [0.15, 0.2) is 11.5 Å². The Morgan fingerprint density at radius 3 is 2.36 bits per heavy atom. The summed E-state index contributed by atoms with van der Waals surface area (Å²) in [6.45, 7) is 1.90. The van der Waals surface area contributed by atoms with Crippen molar-refractivity contribution in [2.45, 2.75) is 11.8 Å². The zero-order chi connectivity index (χ0) is 18.4. The third-order valence-electron chi connectivity index (χ3n) is 3.15. The van der Waals surface area contributed by atoms with Crippen LogP contribution in [0.5, 0.6) is 11.5 Å². The highest BCUT2D eigenvalue weighted by atomic mass is 32.2. The molecule has 0 spiro atoms. The SMILES string of the molecule is CCOC(=O)c1ccc(S(=O)(=O)Oc2ccc(C#N)cc2OC)cc1. The van der Waals surface area contributed by atoms with Crippen LogP contribution in [-0.4, -0.2) is 28.1 Å². The molecule has 8 heteroatoms. The Morgan fingerprint density at radius 1 is 1.12 bits per heavy atom. The van der Waals surface area contributed by atoms with Crippen molar-refractivity contribution in [1.82, 2.24) is 0 Å². The monoisotopic (exact) mass is 361 g/mol. The van der Waals surface area contributed by atoms with E-state index in [2.05, 4.69) is 0 Å². The molecule has 0 atom stereocenters. The first-order valence-electron chi connectivity index (χ1n) is 7.21. The van der Waals surface area contributed by atoms with Crippen LogP contribution in [-0.2, 0) is 14.9 Å². The molecule has 0 radical (unpaired) electrons. The van der Waals surface area contributed by atoms with E-state index in [1.165, 1.54) is 49.6 Å². The van der Waals surface area contributed by atoms with Crippen LogP contribution in [0.15, 0.2) is 47.4 Å². The van der Waals surface area contributed by atoms with Crippen LogP contribution in [0.1, 0.15) is 22.8 Å². The number of benzene rings is 2. The van der Waals surface area contributed by atoms with Gasteiger partial charge in [-0.3, -0.25) is 0 Å². The second kappa shape index (κ2) is 7.68. The van der Waals surface area contributed by atoms with Crippen molar-refractivity contribution in [3.8, 4) is 17.6 Å². The van der Waals surface area contributed by atoms with Gasteiger partial charge < -0.3 is 13.7 Å². The molecule has 0 aliphatic rings. The van der Waals surface area contributed by atoms with Crippen molar-refractivity contribution < 1.29 is 26.9 Å². The zero-order valence-corrected chi connectivity index (χ0v) is 14.4. The number of nitriles is 1. The van der Waals surface area contributed by atoms with Crippen LogP contribution in [0.25, 0.3) is 0 Å². The molecule has 0 saturated carbocycles. The first-order valence-corrected chi connectivity index (χ1v) is 8.62. The van der Waals surface area contributed by atoms with Gasteiger partial charge in [-0.1, -0.05) is 0 Å². The molecule has 7 nitrogen and oxygen atoms in total. The summed E-state index contributed by atoms with van der Waals surface area (Å²) in [6, 6.07) is 11.2. The molecule has 0 bridgehead atoms. The van der Waals surface area contributed by atoms with Gasteiger partial charge in [-0.05, 0) is 43.3 Å². The summed E-state index contributed by atoms with van der Waals surface area (Å²) in [6.07, 6.45) is 0. The van der Waals surface area contributed by atoms with Crippen LogP contribution >= 0.6 is 0 Å². The van der Waals surface area contributed by atoms with E-state index in [1.807, 2.05) is 6.07 Å². The minimum absolute atomic E-state index is 0.0454. The molecular formula is C17H15NO6S. The summed E-state index contributed by atoms with van der Waals surface area (Å²) in [7, 11) is -2.80. The van der Waals surface area contributed by atoms with Gasteiger partial charge in [0.25, 0.3) is 0 Å². The predicted octanol–water partition coefficient (Wildman–Crippen LogP) is 2.51. The molecule has 0 aromatic heterocycles. The normalized spacial score (nSPS) is 10.6. The van der Waals surface area contributed by atoms with E-state index in [0.717, 1.165) is 0 Å². The number of hydrogen-bond acceptors (Lipinski definition) is 7. The van der Waals surface area contributed by atoms with E-state index in [1.54, 1.807) is 6.92 Å². The average Bonchev–Trinajstić information content (AvgIpc) is 2.62. The molecule has 130 valence electrons. The molecule has 0 saturated heterocycles. The Kier molecular flexibility index (Phi) is 5.62. The fourth-order valence-corrected chi connectivity index (χ4v) is 2.88. The second-order valence-corrected chi connectivity index (χ2v) is 6.31. The Hall–Kier alpha value is -3.05. The van der Waals surface area contributed by atoms with Gasteiger partial charge in [0.1, 0.15) is 4.90 Å². The molecule has 0 N–H and O–H groups in total. The number of carbonyl (C=O) groups excluding carboxylic acids is 1. The maximum absolute atomic E-state index is 12.4. The third-order valence-corrected chi connectivity index (χ3v) is 4.39. The molecule has 2 aromatic carbocycles. The third kappa shape index (κ3) is 4.28. The van der Waals surface area contributed by atoms with Crippen molar-refractivity contribution in [2.75, 3.05) is 13.7 Å². The maximum atomic E-state index is 12.4. The van der Waals surface area contributed by atoms with Crippen LogP contribution < -0.4 is 8.92 Å². The molecule has 0 aliphatic heterocycles. The summed E-state index contributed by atoms with van der Waals surface area (Å²) in [5.41, 5.74) is 0.539. The lowest BCUT2D eigenvalue weighted by Crippen LogP contribution is -2.11. The summed E-state index contributed by atoms with van der Waals surface area (Å²) in [5, 5.41) is 8.87. The maximum Gasteiger partial charge on any atom is 0.339 e. The van der Waals surface area contributed by atoms with Crippen LogP contribution in [0.4, 0.5) is 0 Å². The fourth-order valence-electron chi connectivity index (χ4n) is 1.94. The van der Waals surface area contributed by atoms with E-state index in [0.29, 0.717) is 5.56 Å². The number of methoxy groups -OCH3 is 1. The number of rotatable bonds is 6. The minimum atomic E-state index is -4.14. The largest absolute Gasteiger partial charge is 0.493 e. The fraction of sp³-hybridized carbons (Fsp3) is 0.176. The lowest BCUT2D eigenvalue weighted by Gasteiger charge is -2.11. The lowest BCUT2D eigenvalue weighted by molar-refractivity contribution is 0.0526. The smallest absolute Gasteiger partial charge is 0.339 e. The number of hydrogen-bond donors (Lipinski definition) is 0. The van der Waals surface area contributed by atoms with Crippen molar-refractivity contribution in [1.29, 1.82) is 5.26 Å². The first kappa shape index (κ1) is 18.3. The summed E-state index contributed by atoms with van der Waals surface area (Å²) in [5.74, 6) is -0.470. The molecule has 2 aromatic rings. The molecule has 0 unspecified atom stereocenters. The van der Waals surface area contributed by atoms with Crippen LogP contribution in [0.2, 0.25) is 0 Å². The van der Waals surface area contributed by atoms with E-state index < -0.39 is 16.1 Å². The minimum Gasteiger partial charge on any atom is -0.493 e. The summed E-state index contributed by atoms with van der Waals surface area (Å²) in [4.78, 5) is 11.5. The highest BCUT2D eigenvalue weighted by molar-refractivity contribution is 7.87. The Balaban J connectivity index is 2.28. The lowest BCUT2D eigenvalue weighted by atomic mass is 10.2.